The zero-order valence-corrected chi connectivity index (χ0v) is 9.00. The van der Waals surface area contributed by atoms with E-state index in [1.807, 2.05) is 0 Å². The molecule has 2 heterocycles. The van der Waals surface area contributed by atoms with Crippen molar-refractivity contribution in [2.24, 2.45) is 0 Å². The molecule has 2 aliphatic rings. The normalized spacial score (nSPS) is 34.2. The first-order valence-corrected chi connectivity index (χ1v) is 5.71. The Balaban J connectivity index is 1.86. The van der Waals surface area contributed by atoms with Gasteiger partial charge in [0.15, 0.2) is 0 Å². The molecule has 2 fully saturated rings. The number of hydrogen-bond acceptors (Lipinski definition) is 2. The number of rotatable bonds is 1. The van der Waals surface area contributed by atoms with Gasteiger partial charge in [-0.25, -0.2) is 0 Å². The highest BCUT2D eigenvalue weighted by atomic mass is 15.2. The summed E-state index contributed by atoms with van der Waals surface area (Å²) in [7, 11) is 2.24. The van der Waals surface area contributed by atoms with Crippen LogP contribution in [0, 0.1) is 0 Å². The van der Waals surface area contributed by atoms with E-state index in [9.17, 15) is 0 Å². The standard InChI is InChI=1S/C11H22N2/c1-10-4-3-7-13(10)11-5-8-12(2)9-6-11/h10-11H,3-9H2,1-2H3. The van der Waals surface area contributed by atoms with Crippen molar-refractivity contribution < 1.29 is 0 Å². The van der Waals surface area contributed by atoms with Gasteiger partial charge in [-0.1, -0.05) is 0 Å². The fraction of sp³-hybridized carbons (Fsp3) is 1.00. The Morgan fingerprint density at radius 1 is 1.00 bits per heavy atom. The topological polar surface area (TPSA) is 6.48 Å². The van der Waals surface area contributed by atoms with Crippen molar-refractivity contribution in [1.29, 1.82) is 0 Å². The Bertz CT molecular complexity index is 161. The third-order valence-electron chi connectivity index (χ3n) is 3.76. The van der Waals surface area contributed by atoms with Gasteiger partial charge in [0.1, 0.15) is 0 Å². The summed E-state index contributed by atoms with van der Waals surface area (Å²) in [5.41, 5.74) is 0. The van der Waals surface area contributed by atoms with Crippen LogP contribution >= 0.6 is 0 Å². The summed E-state index contributed by atoms with van der Waals surface area (Å²) in [4.78, 5) is 5.20. The average molecular weight is 182 g/mol. The molecule has 2 nitrogen and oxygen atoms in total. The van der Waals surface area contributed by atoms with E-state index in [1.54, 1.807) is 0 Å². The molecule has 0 aliphatic carbocycles. The number of hydrogen-bond donors (Lipinski definition) is 0. The van der Waals surface area contributed by atoms with Gasteiger partial charge >= 0.3 is 0 Å². The molecule has 2 aliphatic heterocycles. The summed E-state index contributed by atoms with van der Waals surface area (Å²) in [6.45, 7) is 6.35. The lowest BCUT2D eigenvalue weighted by Crippen LogP contribution is -2.44. The fourth-order valence-corrected chi connectivity index (χ4v) is 2.82. The monoisotopic (exact) mass is 182 g/mol. The first-order valence-electron chi connectivity index (χ1n) is 5.71. The third-order valence-corrected chi connectivity index (χ3v) is 3.76. The molecule has 2 rings (SSSR count). The first-order chi connectivity index (χ1) is 6.27. The van der Waals surface area contributed by atoms with E-state index in [4.69, 9.17) is 0 Å². The van der Waals surface area contributed by atoms with Gasteiger partial charge in [-0.3, -0.25) is 4.90 Å². The lowest BCUT2D eigenvalue weighted by Gasteiger charge is -2.37. The van der Waals surface area contributed by atoms with E-state index in [0.717, 1.165) is 12.1 Å². The fourth-order valence-electron chi connectivity index (χ4n) is 2.82. The van der Waals surface area contributed by atoms with Crippen molar-refractivity contribution in [2.75, 3.05) is 26.7 Å². The van der Waals surface area contributed by atoms with E-state index in [2.05, 4.69) is 23.8 Å². The molecule has 76 valence electrons. The van der Waals surface area contributed by atoms with E-state index < -0.39 is 0 Å². The second-order valence-corrected chi connectivity index (χ2v) is 4.76. The van der Waals surface area contributed by atoms with Gasteiger partial charge in [-0.2, -0.15) is 0 Å². The Kier molecular flexibility index (Phi) is 2.89. The SMILES string of the molecule is CC1CCCN1C1CCN(C)CC1. The molecule has 13 heavy (non-hydrogen) atoms. The number of nitrogens with zero attached hydrogens (tertiary/aromatic N) is 2. The van der Waals surface area contributed by atoms with E-state index >= 15 is 0 Å². The quantitative estimate of drug-likeness (QED) is 0.607. The van der Waals surface area contributed by atoms with E-state index in [-0.39, 0.29) is 0 Å². The zero-order valence-electron chi connectivity index (χ0n) is 9.00. The minimum Gasteiger partial charge on any atom is -0.306 e. The lowest BCUT2D eigenvalue weighted by molar-refractivity contribution is 0.116. The molecule has 0 aromatic heterocycles. The van der Waals surface area contributed by atoms with Crippen LogP contribution < -0.4 is 0 Å². The second kappa shape index (κ2) is 3.97. The molecule has 0 radical (unpaired) electrons. The van der Waals surface area contributed by atoms with E-state index in [1.165, 1.54) is 45.3 Å². The Morgan fingerprint density at radius 2 is 1.69 bits per heavy atom. The largest absolute Gasteiger partial charge is 0.306 e. The maximum atomic E-state index is 2.74. The van der Waals surface area contributed by atoms with Crippen molar-refractivity contribution in [3.05, 3.63) is 0 Å². The highest BCUT2D eigenvalue weighted by Gasteiger charge is 2.29. The van der Waals surface area contributed by atoms with Crippen molar-refractivity contribution >= 4 is 0 Å². The molecule has 0 bridgehead atoms. The van der Waals surface area contributed by atoms with Crippen molar-refractivity contribution in [3.63, 3.8) is 0 Å². The molecule has 0 N–H and O–H groups in total. The smallest absolute Gasteiger partial charge is 0.0122 e. The molecule has 1 unspecified atom stereocenters. The van der Waals surface area contributed by atoms with Gasteiger partial charge in [-0.15, -0.1) is 0 Å². The summed E-state index contributed by atoms with van der Waals surface area (Å²) in [6, 6.07) is 1.75. The molecule has 0 aromatic carbocycles. The van der Waals surface area contributed by atoms with Crippen LogP contribution in [0.25, 0.3) is 0 Å². The van der Waals surface area contributed by atoms with Gasteiger partial charge in [0.2, 0.25) is 0 Å². The van der Waals surface area contributed by atoms with Crippen LogP contribution in [0.15, 0.2) is 0 Å². The predicted molar refractivity (Wildman–Crippen MR) is 55.9 cm³/mol. The highest BCUT2D eigenvalue weighted by Crippen LogP contribution is 2.24. The molecule has 2 saturated heterocycles. The molecule has 0 aromatic rings. The van der Waals surface area contributed by atoms with Gasteiger partial charge in [0.05, 0.1) is 0 Å². The Hall–Kier alpha value is -0.0800. The second-order valence-electron chi connectivity index (χ2n) is 4.76. The van der Waals surface area contributed by atoms with Crippen LogP contribution in [0.3, 0.4) is 0 Å². The molecule has 1 atom stereocenters. The van der Waals surface area contributed by atoms with Crippen LogP contribution in [0.4, 0.5) is 0 Å². The van der Waals surface area contributed by atoms with Crippen LogP contribution in [0.2, 0.25) is 0 Å². The summed E-state index contributed by atoms with van der Waals surface area (Å²) in [6.07, 6.45) is 5.63. The lowest BCUT2D eigenvalue weighted by atomic mass is 10.0. The number of likely N-dealkylation sites (tertiary alicyclic amines) is 2. The van der Waals surface area contributed by atoms with Gasteiger partial charge in [-0.05, 0) is 59.3 Å². The summed E-state index contributed by atoms with van der Waals surface area (Å²) < 4.78 is 0. The van der Waals surface area contributed by atoms with Gasteiger partial charge in [0.25, 0.3) is 0 Å². The predicted octanol–water partition coefficient (Wildman–Crippen LogP) is 1.56. The highest BCUT2D eigenvalue weighted by molar-refractivity contribution is 4.85. The van der Waals surface area contributed by atoms with Crippen LogP contribution in [0.5, 0.6) is 0 Å². The molecular weight excluding hydrogens is 160 g/mol. The van der Waals surface area contributed by atoms with E-state index in [0.29, 0.717) is 0 Å². The minimum absolute atomic E-state index is 0.855. The van der Waals surface area contributed by atoms with Crippen LogP contribution in [-0.4, -0.2) is 48.6 Å². The average Bonchev–Trinajstić information content (AvgIpc) is 2.53. The molecule has 0 spiro atoms. The van der Waals surface area contributed by atoms with Crippen molar-refractivity contribution in [1.82, 2.24) is 9.80 Å². The van der Waals surface area contributed by atoms with Crippen molar-refractivity contribution in [3.8, 4) is 0 Å². The molecule has 2 heteroatoms. The summed E-state index contributed by atoms with van der Waals surface area (Å²) in [5, 5.41) is 0. The van der Waals surface area contributed by atoms with Crippen molar-refractivity contribution in [2.45, 2.75) is 44.7 Å². The summed E-state index contributed by atoms with van der Waals surface area (Å²) in [5.74, 6) is 0. The third kappa shape index (κ3) is 2.05. The number of piperidine rings is 1. The maximum absolute atomic E-state index is 2.74. The molecule has 0 amide bonds. The zero-order chi connectivity index (χ0) is 9.26. The maximum Gasteiger partial charge on any atom is 0.0122 e. The van der Waals surface area contributed by atoms with Gasteiger partial charge in [0, 0.05) is 12.1 Å². The van der Waals surface area contributed by atoms with Gasteiger partial charge < -0.3 is 4.90 Å². The van der Waals surface area contributed by atoms with Crippen LogP contribution in [-0.2, 0) is 0 Å². The molecule has 0 saturated carbocycles. The minimum atomic E-state index is 0.855. The first kappa shape index (κ1) is 9.47. The molecular formula is C11H22N2. The Morgan fingerprint density at radius 3 is 2.23 bits per heavy atom. The summed E-state index contributed by atoms with van der Waals surface area (Å²) >= 11 is 0. The Labute approximate surface area is 81.9 Å². The van der Waals surface area contributed by atoms with Crippen LogP contribution in [0.1, 0.15) is 32.6 Å².